The summed E-state index contributed by atoms with van der Waals surface area (Å²) in [4.78, 5) is 45.4. The molecule has 3 atom stereocenters. The minimum Gasteiger partial charge on any atom is -0.465 e. The second-order valence-corrected chi connectivity index (χ2v) is 55.3. The average molecular weight is 1210 g/mol. The van der Waals surface area contributed by atoms with Gasteiger partial charge in [0, 0.05) is 56.4 Å². The van der Waals surface area contributed by atoms with Crippen molar-refractivity contribution in [1.29, 1.82) is 0 Å². The molecule has 7 heterocycles. The molecule has 0 aliphatic carbocycles. The van der Waals surface area contributed by atoms with E-state index in [0.717, 1.165) is 12.0 Å². The molecule has 0 radical (unpaired) electrons. The minimum atomic E-state index is -3.87. The number of carbonyl (C=O) groups is 4. The molecule has 7 rings (SSSR count). The van der Waals surface area contributed by atoms with E-state index in [9.17, 15) is 19.2 Å². The molecular weight excluding hydrogens is 1110 g/mol. The maximum Gasteiger partial charge on any atom is 0.479 e. The van der Waals surface area contributed by atoms with E-state index in [1.807, 2.05) is 111 Å². The molecule has 0 amide bonds. The van der Waals surface area contributed by atoms with E-state index in [4.69, 9.17) is 58.9 Å². The van der Waals surface area contributed by atoms with Gasteiger partial charge >= 0.3 is 94.3 Å². The first-order valence-electron chi connectivity index (χ1n) is 27.5. The highest BCUT2D eigenvalue weighted by molar-refractivity contribution is 7.03. The van der Waals surface area contributed by atoms with Gasteiger partial charge in [0.15, 0.2) is 0 Å². The van der Waals surface area contributed by atoms with Crippen LogP contribution in [0.5, 0.6) is 0 Å². The fourth-order valence-electron chi connectivity index (χ4n) is 7.67. The third kappa shape index (κ3) is 16.4. The summed E-state index contributed by atoms with van der Waals surface area (Å²) in [6.45, 7) is 46.4. The average Bonchev–Trinajstić information content (AvgIpc) is 3.53. The van der Waals surface area contributed by atoms with Gasteiger partial charge in [-0.15, -0.1) is 0 Å². The van der Waals surface area contributed by atoms with Crippen LogP contribution in [0.1, 0.15) is 164 Å². The highest BCUT2D eigenvalue weighted by Crippen LogP contribution is 2.53. The van der Waals surface area contributed by atoms with Crippen molar-refractivity contribution in [3.8, 4) is 0 Å². The van der Waals surface area contributed by atoms with Gasteiger partial charge in [0.25, 0.3) is 0 Å². The van der Waals surface area contributed by atoms with Crippen LogP contribution >= 0.6 is 0 Å². The van der Waals surface area contributed by atoms with Crippen molar-refractivity contribution in [3.63, 3.8) is 0 Å². The van der Waals surface area contributed by atoms with Gasteiger partial charge in [0.2, 0.25) is 0 Å². The Morgan fingerprint density at radius 1 is 0.500 bits per heavy atom. The van der Waals surface area contributed by atoms with Gasteiger partial charge in [-0.1, -0.05) is 116 Å². The summed E-state index contributed by atoms with van der Waals surface area (Å²) in [5, 5.41) is 0. The largest absolute Gasteiger partial charge is 0.479 e. The van der Waals surface area contributed by atoms with E-state index in [1.165, 1.54) is 6.42 Å². The van der Waals surface area contributed by atoms with Crippen molar-refractivity contribution in [2.24, 2.45) is 22.7 Å². The van der Waals surface area contributed by atoms with Crippen LogP contribution in [0.3, 0.4) is 0 Å². The SMILES string of the molecule is CC1C(=O)OC(=O)C1C.CCC(C)(C)C(=O)OC(C)(C)C.CCC(C)(C)C(=O)OCCC[Si]12O[Si]3(CC)O[Si]4(CC)O[Si]5(CC)O[Si](CC)(O3)O[Si](CC)(O[Si](CC)(O5)O[Si](CC)(O4)O1)O2.CCC(C)[Si](C)(C)C. The maximum atomic E-state index is 12.8. The first-order chi connectivity index (χ1) is 33.9. The zero-order valence-electron chi connectivity index (χ0n) is 49.7. The standard InChI is InChI=1S/C23H52O14Si8.C10H20O2.C7H18Si.C6H8O3/c1-11-23(9,10)22(24)25-20-19-21-45-35-42(16-6)29-39(13-3)26-38(12-2)27-40(14-4,31-42)33-44(18-8,37-45)34-41(15-5,28-38)32-43(17-7,30-39)36-45;1-7-10(5,6)8(11)12-9(2,3)4;1-6-7(2)8(3,4)5;1-3-4(2)6(8)9-5(3)7/h11-21H2,1-10H3;7H2,1-6H3;7H,6H2,1-5H3;3-4H,1-2H3. The molecule has 7 aliphatic rings. The summed E-state index contributed by atoms with van der Waals surface area (Å²) in [5.41, 5.74) is -0.321. The van der Waals surface area contributed by atoms with Gasteiger partial charge in [-0.25, -0.2) is 0 Å². The zero-order valence-corrected chi connectivity index (χ0v) is 58.7. The number of rotatable bonds is 17. The van der Waals surface area contributed by atoms with Gasteiger partial charge in [0.05, 0.1) is 29.3 Å². The topological polar surface area (TPSA) is 207 Å². The Labute approximate surface area is 455 Å². The van der Waals surface area contributed by atoms with E-state index < -0.39 is 95.9 Å². The van der Waals surface area contributed by atoms with Gasteiger partial charge < -0.3 is 63.6 Å². The molecule has 7 saturated heterocycles. The number of hydrogen-bond acceptors (Lipinski definition) is 19. The summed E-state index contributed by atoms with van der Waals surface area (Å²) in [6, 6.07) is 3.09. The van der Waals surface area contributed by atoms with Crippen LogP contribution in [0.15, 0.2) is 0 Å². The molecule has 0 spiro atoms. The van der Waals surface area contributed by atoms with Crippen LogP contribution in [0, 0.1) is 22.7 Å². The molecule has 74 heavy (non-hydrogen) atoms. The normalized spacial score (nSPS) is 35.9. The molecule has 0 N–H and O–H groups in total. The second kappa shape index (κ2) is 25.6. The van der Waals surface area contributed by atoms with Crippen molar-refractivity contribution in [2.45, 2.75) is 243 Å². The molecule has 3 unspecified atom stereocenters. The Morgan fingerprint density at radius 3 is 0.959 bits per heavy atom. The number of carbonyl (C=O) groups excluding carboxylic acids is 4. The van der Waals surface area contributed by atoms with Gasteiger partial charge in [0.1, 0.15) is 5.60 Å². The van der Waals surface area contributed by atoms with Crippen molar-refractivity contribution < 1.29 is 82.8 Å². The molecular formula is C46H98O19Si9. The Balaban J connectivity index is 0.000000401. The molecule has 19 nitrogen and oxygen atoms in total. The lowest BCUT2D eigenvalue weighted by atomic mass is 9.90. The third-order valence-electron chi connectivity index (χ3n) is 14.7. The lowest BCUT2D eigenvalue weighted by Crippen LogP contribution is -2.88. The van der Waals surface area contributed by atoms with Crippen LogP contribution in [-0.4, -0.2) is 115 Å². The summed E-state index contributed by atoms with van der Waals surface area (Å²) in [5.74, 6) is -1.66. The summed E-state index contributed by atoms with van der Waals surface area (Å²) < 4.78 is 101. The second-order valence-electron chi connectivity index (χ2n) is 23.4. The van der Waals surface area contributed by atoms with Crippen LogP contribution in [0.25, 0.3) is 0 Å². The number of ether oxygens (including phenoxy) is 3. The molecule has 7 fully saturated rings. The van der Waals surface area contributed by atoms with Gasteiger partial charge in [-0.3, -0.25) is 19.2 Å². The van der Waals surface area contributed by atoms with E-state index in [1.54, 1.807) is 13.8 Å². The molecule has 0 saturated carbocycles. The first-order valence-corrected chi connectivity index (χ1v) is 46.5. The van der Waals surface area contributed by atoms with Crippen molar-refractivity contribution >= 4 is 102 Å². The number of esters is 4. The lowest BCUT2D eigenvalue weighted by molar-refractivity contribution is -0.166. The minimum absolute atomic E-state index is 0.113. The van der Waals surface area contributed by atoms with Crippen molar-refractivity contribution in [2.75, 3.05) is 6.61 Å². The molecule has 0 aromatic rings. The van der Waals surface area contributed by atoms with Crippen LogP contribution < -0.4 is 0 Å². The molecule has 28 heteroatoms. The highest BCUT2D eigenvalue weighted by atomic mass is 28.6. The summed E-state index contributed by atoms with van der Waals surface area (Å²) in [7, 11) is -30.4. The summed E-state index contributed by atoms with van der Waals surface area (Å²) in [6.07, 6.45) is 3.24. The molecule has 432 valence electrons. The Bertz CT molecular complexity index is 1780. The van der Waals surface area contributed by atoms with E-state index >= 15 is 0 Å². The van der Waals surface area contributed by atoms with Crippen molar-refractivity contribution in [3.05, 3.63) is 0 Å². The number of cyclic esters (lactones) is 2. The number of hydrogen-bond donors (Lipinski definition) is 0. The van der Waals surface area contributed by atoms with Crippen LogP contribution in [0.4, 0.5) is 0 Å². The predicted octanol–water partition coefficient (Wildman–Crippen LogP) is 11.5. The molecule has 0 aromatic heterocycles. The van der Waals surface area contributed by atoms with Crippen LogP contribution in [-0.2, 0) is 82.8 Å². The highest BCUT2D eigenvalue weighted by Gasteiger charge is 2.82. The van der Waals surface area contributed by atoms with E-state index in [2.05, 4.69) is 38.2 Å². The smallest absolute Gasteiger partial charge is 0.465 e. The Hall–Kier alpha value is -0.448. The third-order valence-corrected chi connectivity index (χ3v) is 54.9. The monoisotopic (exact) mass is 1210 g/mol. The zero-order chi connectivity index (χ0) is 56.8. The maximum absolute atomic E-state index is 12.8. The van der Waals surface area contributed by atoms with Crippen molar-refractivity contribution in [1.82, 2.24) is 0 Å². The van der Waals surface area contributed by atoms with Crippen LogP contribution in [0.2, 0.25) is 73.5 Å². The lowest BCUT2D eigenvalue weighted by Gasteiger charge is -2.63. The molecule has 8 bridgehead atoms. The van der Waals surface area contributed by atoms with E-state index in [0.29, 0.717) is 55.2 Å². The molecule has 0 aromatic carbocycles. The predicted molar refractivity (Wildman–Crippen MR) is 299 cm³/mol. The Morgan fingerprint density at radius 2 is 0.770 bits per heavy atom. The first kappa shape index (κ1) is 67.8. The summed E-state index contributed by atoms with van der Waals surface area (Å²) >= 11 is 0. The quantitative estimate of drug-likeness (QED) is 0.0436. The molecule has 7 aliphatic heterocycles. The fourth-order valence-corrected chi connectivity index (χ4v) is 58.6. The fraction of sp³-hybridized carbons (Fsp3) is 0.913. The van der Waals surface area contributed by atoms with Gasteiger partial charge in [-0.2, -0.15) is 0 Å². The van der Waals surface area contributed by atoms with E-state index in [-0.39, 0.29) is 47.4 Å². The van der Waals surface area contributed by atoms with Gasteiger partial charge in [-0.05, 0) is 73.3 Å². The Kier molecular flexibility index (Phi) is 23.4.